The Bertz CT molecular complexity index is 6940. The maximum Gasteiger partial charge on any atom is 0.494 e. The van der Waals surface area contributed by atoms with E-state index in [0.717, 1.165) is 97.3 Å². The molecule has 1 aliphatic rings. The molecule has 0 atom stereocenters. The summed E-state index contributed by atoms with van der Waals surface area (Å²) in [5.41, 5.74) is 14.2. The lowest BCUT2D eigenvalue weighted by Gasteiger charge is -2.32. The number of benzene rings is 15. The highest BCUT2D eigenvalue weighted by Crippen LogP contribution is 2.41. The molecular weight excluding hydrogens is 1650 g/mol. The zero-order valence-corrected chi connectivity index (χ0v) is 69.5. The Morgan fingerprint density at radius 3 is 0.759 bits per heavy atom. The van der Waals surface area contributed by atoms with Crippen molar-refractivity contribution in [2.75, 3.05) is 0 Å². The fourth-order valence-electron chi connectivity index (χ4n) is 15.0. The topological polar surface area (TPSA) is 170 Å². The van der Waals surface area contributed by atoms with Gasteiger partial charge in [-0.3, -0.25) is 0 Å². The van der Waals surface area contributed by atoms with Crippen molar-refractivity contribution in [2.45, 2.75) is 78.1 Å². The van der Waals surface area contributed by atoms with Crippen LogP contribution in [-0.4, -0.2) is 65.7 Å². The summed E-state index contributed by atoms with van der Waals surface area (Å²) in [6.45, 7) is 8.36. The average Bonchev–Trinajstić information content (AvgIpc) is 1.60. The van der Waals surface area contributed by atoms with E-state index in [9.17, 15) is 33.7 Å². The number of hydrogen-bond donors (Lipinski definition) is 0. The monoisotopic (exact) mass is 1720 g/mol. The van der Waals surface area contributed by atoms with Gasteiger partial charge in [0.2, 0.25) is 39.3 Å². The molecular formula is C96H72BBr2N3O10S4. The van der Waals surface area contributed by atoms with Gasteiger partial charge < -0.3 is 23.0 Å². The molecule has 19 rings (SSSR count). The van der Waals surface area contributed by atoms with Crippen molar-refractivity contribution < 1.29 is 43.0 Å². The molecule has 13 nitrogen and oxygen atoms in total. The molecule has 0 N–H and O–H groups in total. The first kappa shape index (κ1) is 77.0. The van der Waals surface area contributed by atoms with Gasteiger partial charge in [-0.1, -0.05) is 190 Å². The number of hydrogen-bond acceptors (Lipinski definition) is 10. The van der Waals surface area contributed by atoms with E-state index < -0.39 is 39.3 Å². The summed E-state index contributed by atoms with van der Waals surface area (Å²) in [7, 11) is -15.6. The van der Waals surface area contributed by atoms with E-state index in [4.69, 9.17) is 9.31 Å². The van der Waals surface area contributed by atoms with Crippen LogP contribution in [0.4, 0.5) is 0 Å². The third-order valence-electron chi connectivity index (χ3n) is 21.7. The van der Waals surface area contributed by atoms with Gasteiger partial charge in [-0.05, 0) is 262 Å². The summed E-state index contributed by atoms with van der Waals surface area (Å²) in [6, 6.07) is 112. The minimum atomic E-state index is -3.94. The lowest BCUT2D eigenvalue weighted by molar-refractivity contribution is 0.00578. The number of aromatic nitrogens is 3. The second-order valence-electron chi connectivity index (χ2n) is 29.3. The summed E-state index contributed by atoms with van der Waals surface area (Å²) in [4.78, 5) is 0.629. The highest BCUT2D eigenvalue weighted by Gasteiger charge is 2.52. The van der Waals surface area contributed by atoms with E-state index in [1.165, 1.54) is 94.6 Å². The predicted octanol–water partition coefficient (Wildman–Crippen LogP) is 22.8. The van der Waals surface area contributed by atoms with E-state index in [1.807, 2.05) is 91.0 Å². The molecule has 0 unspecified atom stereocenters. The van der Waals surface area contributed by atoms with Crippen LogP contribution in [0.5, 0.6) is 0 Å². The maximum atomic E-state index is 13.8. The quantitative estimate of drug-likeness (QED) is 0.0955. The number of para-hydroxylation sites is 6. The Morgan fingerprint density at radius 2 is 0.466 bits per heavy atom. The minimum Gasteiger partial charge on any atom is -0.399 e. The van der Waals surface area contributed by atoms with Gasteiger partial charge in [0.05, 0.1) is 83.5 Å². The number of fused-ring (bicyclic) bond motifs is 9. The molecule has 0 amide bonds. The van der Waals surface area contributed by atoms with Gasteiger partial charge in [-0.25, -0.2) is 33.7 Å². The lowest BCUT2D eigenvalue weighted by Crippen LogP contribution is -2.41. The van der Waals surface area contributed by atoms with Crippen LogP contribution in [0.2, 0.25) is 0 Å². The molecule has 0 radical (unpaired) electrons. The first-order valence-electron chi connectivity index (χ1n) is 37.4. The van der Waals surface area contributed by atoms with Crippen molar-refractivity contribution >= 4 is 149 Å². The van der Waals surface area contributed by atoms with Gasteiger partial charge in [-0.2, -0.15) is 0 Å². The van der Waals surface area contributed by atoms with Gasteiger partial charge in [0.25, 0.3) is 0 Å². The van der Waals surface area contributed by atoms with E-state index in [0.29, 0.717) is 0 Å². The molecule has 0 saturated carbocycles. The average molecular weight is 1730 g/mol. The molecule has 1 fully saturated rings. The SMILES string of the molecule is CC1(C)OB(c2ccc3c(c2)c2ccccc2n3-c2ccccc2)OC1(C)C.O=S(=O)(c1ccc(-c2ccc3c(c2)c2ccccc2n3-c2ccccc2)cc1)c1ccc(S(=O)(=O)c2ccc(-c3ccc4c(c3)c3ccccc3n4-c3ccccc3)cc2)cc1.O=S(=O)(c1ccc(Br)cc1)c1ccc(S(=O)(=O)c2ccc(Br)cc2)cc1. The maximum absolute atomic E-state index is 13.8. The molecule has 18 aromatic rings. The van der Waals surface area contributed by atoms with E-state index in [-0.39, 0.29) is 57.5 Å². The molecule has 4 heterocycles. The van der Waals surface area contributed by atoms with Crippen LogP contribution < -0.4 is 5.46 Å². The Balaban J connectivity index is 0.000000147. The summed E-state index contributed by atoms with van der Waals surface area (Å²) < 4.78 is 127. The molecule has 3 aromatic heterocycles. The molecule has 0 spiro atoms. The third kappa shape index (κ3) is 14.3. The van der Waals surface area contributed by atoms with Crippen molar-refractivity contribution in [3.63, 3.8) is 0 Å². The molecule has 116 heavy (non-hydrogen) atoms. The van der Waals surface area contributed by atoms with Crippen LogP contribution in [0.15, 0.2) is 412 Å². The normalized spacial score (nSPS) is 13.6. The van der Waals surface area contributed by atoms with Crippen LogP contribution in [0, 0.1) is 0 Å². The smallest absolute Gasteiger partial charge is 0.399 e. The molecule has 0 aliphatic carbocycles. The van der Waals surface area contributed by atoms with Gasteiger partial charge in [0.15, 0.2) is 0 Å². The predicted molar refractivity (Wildman–Crippen MR) is 472 cm³/mol. The van der Waals surface area contributed by atoms with Gasteiger partial charge in [0.1, 0.15) is 0 Å². The molecule has 572 valence electrons. The summed E-state index contributed by atoms with van der Waals surface area (Å²) in [6.07, 6.45) is 0. The highest BCUT2D eigenvalue weighted by molar-refractivity contribution is 9.10. The minimum absolute atomic E-state index is 0.0127. The summed E-state index contributed by atoms with van der Waals surface area (Å²) >= 11 is 6.52. The van der Waals surface area contributed by atoms with Crippen molar-refractivity contribution in [1.29, 1.82) is 0 Å². The summed E-state index contributed by atoms with van der Waals surface area (Å²) in [5.74, 6) is 0. The third-order valence-corrected chi connectivity index (χ3v) is 29.9. The number of rotatable bonds is 14. The van der Waals surface area contributed by atoms with E-state index in [2.05, 4.69) is 225 Å². The fourth-order valence-corrected chi connectivity index (χ4v) is 20.6. The Hall–Kier alpha value is -11.6. The van der Waals surface area contributed by atoms with Gasteiger partial charge in [-0.15, -0.1) is 0 Å². The van der Waals surface area contributed by atoms with Crippen molar-refractivity contribution in [3.8, 4) is 39.3 Å². The van der Waals surface area contributed by atoms with E-state index in [1.54, 1.807) is 48.5 Å². The van der Waals surface area contributed by atoms with Crippen molar-refractivity contribution in [3.05, 3.63) is 373 Å². The Labute approximate surface area is 690 Å². The van der Waals surface area contributed by atoms with Crippen LogP contribution in [-0.2, 0) is 48.7 Å². The molecule has 1 saturated heterocycles. The number of sulfone groups is 4. The van der Waals surface area contributed by atoms with E-state index >= 15 is 0 Å². The molecule has 1 aliphatic heterocycles. The second kappa shape index (κ2) is 30.6. The fraction of sp³-hybridized carbons (Fsp3) is 0.0625. The Morgan fingerprint density at radius 1 is 0.241 bits per heavy atom. The standard InChI is InChI=1S/C54H36N2O4S2.C24H24BNO2.C18H12Br2O4S2/c57-61(58,43-25-19-37(20-26-43)39-23-33-53-49(35-39)47-15-7-9-17-51(47)55(53)41-11-3-1-4-12-41)45-29-31-46(32-30-45)62(59,60)44-27-21-38(22-28-44)40-24-34-54-50(36-40)48-16-8-10-18-52(48)56(54)42-13-5-2-6-14-42;1-23(2)24(3,4)28-25(27-23)17-14-15-22-20(16-17)19-12-8-9-13-21(19)26(22)18-10-6-5-7-11-18;19-13-1-5-15(6-2-13)25(21,22)17-9-11-18(12-10-17)26(23,24)16-7-3-14(20)4-8-16/h1-36H;5-16H,1-4H3;1-12H. The highest BCUT2D eigenvalue weighted by atomic mass is 79.9. The van der Waals surface area contributed by atoms with Crippen LogP contribution in [0.3, 0.4) is 0 Å². The zero-order chi connectivity index (χ0) is 80.5. The first-order valence-corrected chi connectivity index (χ1v) is 44.9. The largest absolute Gasteiger partial charge is 0.494 e. The van der Waals surface area contributed by atoms with Gasteiger partial charge >= 0.3 is 7.12 Å². The number of halogens is 2. The molecule has 0 bridgehead atoms. The Kier molecular flexibility index (Phi) is 20.3. The molecule has 20 heteroatoms. The lowest BCUT2D eigenvalue weighted by atomic mass is 9.78. The summed E-state index contributed by atoms with van der Waals surface area (Å²) in [5, 5.41) is 6.92. The zero-order valence-electron chi connectivity index (χ0n) is 63.0. The van der Waals surface area contributed by atoms with Crippen molar-refractivity contribution in [1.82, 2.24) is 13.7 Å². The van der Waals surface area contributed by atoms with Crippen LogP contribution in [0.25, 0.3) is 105 Å². The molecule has 15 aromatic carbocycles. The first-order chi connectivity index (χ1) is 55.8. The van der Waals surface area contributed by atoms with Crippen LogP contribution >= 0.6 is 31.9 Å². The number of nitrogens with zero attached hydrogens (tertiary/aromatic N) is 3. The van der Waals surface area contributed by atoms with Crippen molar-refractivity contribution in [2.24, 2.45) is 0 Å². The van der Waals surface area contributed by atoms with Gasteiger partial charge in [0, 0.05) is 58.3 Å². The second-order valence-corrected chi connectivity index (χ2v) is 38.9. The van der Waals surface area contributed by atoms with Crippen LogP contribution in [0.1, 0.15) is 27.7 Å².